The molecule has 0 aromatic rings. The molecule has 78 valence electrons. The summed E-state index contributed by atoms with van der Waals surface area (Å²) in [6, 6.07) is 0.943. The molecule has 0 unspecified atom stereocenters. The summed E-state index contributed by atoms with van der Waals surface area (Å²) in [7, 11) is 0. The molecule has 2 nitrogen and oxygen atoms in total. The molecule has 0 bridgehead atoms. The SMILES string of the molecule is CC(C)CN(C=NC(C)C)C(C)C. The van der Waals surface area contributed by atoms with Crippen LogP contribution < -0.4 is 0 Å². The summed E-state index contributed by atoms with van der Waals surface area (Å²) < 4.78 is 0. The Morgan fingerprint density at radius 2 is 1.62 bits per heavy atom. The Balaban J connectivity index is 4.10. The minimum Gasteiger partial charge on any atom is -0.360 e. The summed E-state index contributed by atoms with van der Waals surface area (Å²) in [6.07, 6.45) is 2.00. The predicted octanol–water partition coefficient (Wildman–Crippen LogP) is 2.79. The third kappa shape index (κ3) is 6.62. The summed E-state index contributed by atoms with van der Waals surface area (Å²) in [5, 5.41) is 0. The Morgan fingerprint density at radius 1 is 1.08 bits per heavy atom. The van der Waals surface area contributed by atoms with Gasteiger partial charge in [-0.25, -0.2) is 0 Å². The number of rotatable bonds is 5. The summed E-state index contributed by atoms with van der Waals surface area (Å²) in [4.78, 5) is 6.70. The van der Waals surface area contributed by atoms with Crippen LogP contribution in [0.1, 0.15) is 41.5 Å². The van der Waals surface area contributed by atoms with Crippen molar-refractivity contribution in [3.8, 4) is 0 Å². The van der Waals surface area contributed by atoms with Gasteiger partial charge in [0.1, 0.15) is 0 Å². The first-order valence-electron chi connectivity index (χ1n) is 5.22. The smallest absolute Gasteiger partial charge is 0.0855 e. The lowest BCUT2D eigenvalue weighted by atomic mass is 10.2. The van der Waals surface area contributed by atoms with Gasteiger partial charge in [0.25, 0.3) is 0 Å². The minimum absolute atomic E-state index is 0.397. The highest BCUT2D eigenvalue weighted by atomic mass is 15.2. The second-order valence-corrected chi connectivity index (χ2v) is 4.54. The van der Waals surface area contributed by atoms with Gasteiger partial charge >= 0.3 is 0 Å². The lowest BCUT2D eigenvalue weighted by Gasteiger charge is -2.26. The Morgan fingerprint density at radius 3 is 1.92 bits per heavy atom. The lowest BCUT2D eigenvalue weighted by molar-refractivity contribution is 0.318. The molecule has 0 amide bonds. The fraction of sp³-hybridized carbons (Fsp3) is 0.909. The van der Waals surface area contributed by atoms with E-state index in [0.29, 0.717) is 18.0 Å². The first-order chi connectivity index (χ1) is 5.93. The van der Waals surface area contributed by atoms with Gasteiger partial charge in [-0.2, -0.15) is 0 Å². The van der Waals surface area contributed by atoms with Gasteiger partial charge in [0.2, 0.25) is 0 Å². The molecule has 0 aromatic heterocycles. The van der Waals surface area contributed by atoms with Gasteiger partial charge in [-0.1, -0.05) is 13.8 Å². The predicted molar refractivity (Wildman–Crippen MR) is 60.3 cm³/mol. The van der Waals surface area contributed by atoms with E-state index in [9.17, 15) is 0 Å². The number of hydrogen-bond donors (Lipinski definition) is 0. The van der Waals surface area contributed by atoms with Crippen molar-refractivity contribution >= 4 is 6.34 Å². The Hall–Kier alpha value is -0.530. The molecule has 0 saturated heterocycles. The molecule has 0 saturated carbocycles. The van der Waals surface area contributed by atoms with E-state index < -0.39 is 0 Å². The van der Waals surface area contributed by atoms with Gasteiger partial charge in [-0.05, 0) is 33.6 Å². The van der Waals surface area contributed by atoms with Gasteiger partial charge in [-0.3, -0.25) is 4.99 Å². The second-order valence-electron chi connectivity index (χ2n) is 4.54. The van der Waals surface area contributed by atoms with E-state index in [0.717, 1.165) is 6.54 Å². The van der Waals surface area contributed by atoms with Gasteiger partial charge in [0, 0.05) is 18.6 Å². The molecule has 0 aliphatic rings. The van der Waals surface area contributed by atoms with Crippen LogP contribution in [0.2, 0.25) is 0 Å². The van der Waals surface area contributed by atoms with Crippen LogP contribution in [0.15, 0.2) is 4.99 Å². The molecule has 0 radical (unpaired) electrons. The van der Waals surface area contributed by atoms with Crippen molar-refractivity contribution in [2.45, 2.75) is 53.6 Å². The van der Waals surface area contributed by atoms with E-state index in [2.05, 4.69) is 51.4 Å². The molecule has 13 heavy (non-hydrogen) atoms. The van der Waals surface area contributed by atoms with Crippen LogP contribution in [0.3, 0.4) is 0 Å². The maximum Gasteiger partial charge on any atom is 0.0855 e. The molecular formula is C11H24N2. The van der Waals surface area contributed by atoms with E-state index in [-0.39, 0.29) is 0 Å². The van der Waals surface area contributed by atoms with Crippen molar-refractivity contribution in [1.82, 2.24) is 4.90 Å². The highest BCUT2D eigenvalue weighted by Crippen LogP contribution is 2.01. The first-order valence-corrected chi connectivity index (χ1v) is 5.22. The zero-order valence-corrected chi connectivity index (χ0v) is 9.91. The van der Waals surface area contributed by atoms with Crippen LogP contribution in [0.4, 0.5) is 0 Å². The maximum atomic E-state index is 4.40. The van der Waals surface area contributed by atoms with Crippen molar-refractivity contribution in [2.75, 3.05) is 6.54 Å². The molecule has 2 heteroatoms. The first kappa shape index (κ1) is 12.5. The largest absolute Gasteiger partial charge is 0.360 e. The van der Waals surface area contributed by atoms with Gasteiger partial charge in [-0.15, -0.1) is 0 Å². The molecule has 0 aliphatic heterocycles. The second kappa shape index (κ2) is 6.01. The van der Waals surface area contributed by atoms with E-state index in [1.54, 1.807) is 0 Å². The quantitative estimate of drug-likeness (QED) is 0.474. The third-order valence-corrected chi connectivity index (χ3v) is 1.75. The van der Waals surface area contributed by atoms with Crippen molar-refractivity contribution in [1.29, 1.82) is 0 Å². The lowest BCUT2D eigenvalue weighted by Crippen LogP contribution is -2.33. The average Bonchev–Trinajstić information content (AvgIpc) is 1.96. The topological polar surface area (TPSA) is 15.6 Å². The van der Waals surface area contributed by atoms with Crippen LogP contribution in [-0.4, -0.2) is 29.9 Å². The summed E-state index contributed by atoms with van der Waals surface area (Å²) in [5.74, 6) is 0.695. The molecule has 0 spiro atoms. The number of hydrogen-bond acceptors (Lipinski definition) is 1. The number of aliphatic imine (C=N–C) groups is 1. The van der Waals surface area contributed by atoms with Crippen LogP contribution in [0.25, 0.3) is 0 Å². The standard InChI is InChI=1S/C11H24N2/c1-9(2)7-13(11(5)6)8-12-10(3)4/h8-11H,7H2,1-6H3. The monoisotopic (exact) mass is 184 g/mol. The van der Waals surface area contributed by atoms with Crippen molar-refractivity contribution in [2.24, 2.45) is 10.9 Å². The van der Waals surface area contributed by atoms with Crippen molar-refractivity contribution < 1.29 is 0 Å². The Labute approximate surface area is 83.0 Å². The van der Waals surface area contributed by atoms with Gasteiger partial charge < -0.3 is 4.90 Å². The normalized spacial score (nSPS) is 12.4. The summed E-state index contributed by atoms with van der Waals surface area (Å²) >= 11 is 0. The third-order valence-electron chi connectivity index (χ3n) is 1.75. The molecule has 0 rings (SSSR count). The zero-order valence-electron chi connectivity index (χ0n) is 9.91. The molecule has 0 heterocycles. The Bertz CT molecular complexity index is 148. The van der Waals surface area contributed by atoms with Crippen molar-refractivity contribution in [3.05, 3.63) is 0 Å². The zero-order chi connectivity index (χ0) is 10.4. The minimum atomic E-state index is 0.397. The van der Waals surface area contributed by atoms with Crippen LogP contribution in [0, 0.1) is 5.92 Å². The summed E-state index contributed by atoms with van der Waals surface area (Å²) in [5.41, 5.74) is 0. The summed E-state index contributed by atoms with van der Waals surface area (Å²) in [6.45, 7) is 14.2. The Kier molecular flexibility index (Phi) is 5.76. The molecule has 0 atom stereocenters. The molecule has 0 fully saturated rings. The molecule has 0 aliphatic carbocycles. The highest BCUT2D eigenvalue weighted by Gasteiger charge is 2.06. The van der Waals surface area contributed by atoms with Crippen LogP contribution in [-0.2, 0) is 0 Å². The fourth-order valence-electron chi connectivity index (χ4n) is 1.03. The van der Waals surface area contributed by atoms with E-state index in [4.69, 9.17) is 0 Å². The van der Waals surface area contributed by atoms with Crippen LogP contribution in [0.5, 0.6) is 0 Å². The van der Waals surface area contributed by atoms with E-state index >= 15 is 0 Å². The van der Waals surface area contributed by atoms with E-state index in [1.165, 1.54) is 0 Å². The van der Waals surface area contributed by atoms with Crippen molar-refractivity contribution in [3.63, 3.8) is 0 Å². The highest BCUT2D eigenvalue weighted by molar-refractivity contribution is 5.55. The molecule has 0 N–H and O–H groups in total. The average molecular weight is 184 g/mol. The van der Waals surface area contributed by atoms with Crippen LogP contribution >= 0.6 is 0 Å². The fourth-order valence-corrected chi connectivity index (χ4v) is 1.03. The maximum absolute atomic E-state index is 4.40. The van der Waals surface area contributed by atoms with Gasteiger partial charge in [0.15, 0.2) is 0 Å². The van der Waals surface area contributed by atoms with Gasteiger partial charge in [0.05, 0.1) is 6.34 Å². The van der Waals surface area contributed by atoms with E-state index in [1.807, 2.05) is 6.34 Å². The molecule has 0 aromatic carbocycles. The number of nitrogens with zero attached hydrogens (tertiary/aromatic N) is 2. The molecular weight excluding hydrogens is 160 g/mol.